The highest BCUT2D eigenvalue weighted by Crippen LogP contribution is 2.46. The predicted molar refractivity (Wildman–Crippen MR) is 168 cm³/mol. The largest absolute Gasteiger partial charge is 0.489 e. The second kappa shape index (κ2) is 14.0. The van der Waals surface area contributed by atoms with Gasteiger partial charge in [-0.1, -0.05) is 36.1 Å². The van der Waals surface area contributed by atoms with Gasteiger partial charge in [0.2, 0.25) is 0 Å². The van der Waals surface area contributed by atoms with E-state index in [9.17, 15) is 13.9 Å². The molecule has 3 heterocycles. The van der Waals surface area contributed by atoms with E-state index in [1.807, 2.05) is 36.2 Å². The zero-order valence-corrected chi connectivity index (χ0v) is 25.8. The van der Waals surface area contributed by atoms with Crippen LogP contribution in [0.25, 0.3) is 0 Å². The molecule has 1 N–H and O–H groups in total. The third-order valence-electron chi connectivity index (χ3n) is 7.56. The highest BCUT2D eigenvalue weighted by Gasteiger charge is 2.58. The van der Waals surface area contributed by atoms with E-state index in [1.54, 1.807) is 30.5 Å². The highest BCUT2D eigenvalue weighted by molar-refractivity contribution is 5.44. The minimum atomic E-state index is -4.17. The fourth-order valence-corrected chi connectivity index (χ4v) is 4.96. The van der Waals surface area contributed by atoms with Crippen molar-refractivity contribution in [3.63, 3.8) is 0 Å². The van der Waals surface area contributed by atoms with Crippen LogP contribution < -0.4 is 9.64 Å². The zero-order valence-electron chi connectivity index (χ0n) is 25.8. The van der Waals surface area contributed by atoms with Gasteiger partial charge in [0.15, 0.2) is 5.60 Å². The van der Waals surface area contributed by atoms with Crippen LogP contribution in [0.2, 0.25) is 0 Å². The van der Waals surface area contributed by atoms with Crippen LogP contribution >= 0.6 is 0 Å². The molecule has 0 spiro atoms. The van der Waals surface area contributed by atoms with E-state index in [0.29, 0.717) is 42.1 Å². The molecule has 1 unspecified atom stereocenters. The van der Waals surface area contributed by atoms with E-state index in [1.165, 1.54) is 12.3 Å². The van der Waals surface area contributed by atoms with Crippen molar-refractivity contribution in [1.82, 2.24) is 30.2 Å². The molecular weight excluding hydrogens is 642 g/mol. The molecular formula is C35H27F4N7O3. The third-order valence-corrected chi connectivity index (χ3v) is 7.56. The molecule has 0 fully saturated rings. The number of halogens is 4. The number of nitrogens with zero attached hydrogens (tertiary/aromatic N) is 7. The lowest BCUT2D eigenvalue weighted by Gasteiger charge is -2.35. The zero-order chi connectivity index (χ0) is 34.4. The first kappa shape index (κ1) is 32.9. The van der Waals surface area contributed by atoms with Gasteiger partial charge >= 0.3 is 5.92 Å². The van der Waals surface area contributed by atoms with Crippen LogP contribution in [0.1, 0.15) is 33.5 Å². The minimum Gasteiger partial charge on any atom is -0.489 e. The Morgan fingerprint density at radius 3 is 2.31 bits per heavy atom. The Balaban J connectivity index is 1.09. The molecule has 49 heavy (non-hydrogen) atoms. The number of benzene rings is 3. The molecule has 1 atom stereocenters. The van der Waals surface area contributed by atoms with Gasteiger partial charge in [-0.2, -0.15) is 8.78 Å². The summed E-state index contributed by atoms with van der Waals surface area (Å²) >= 11 is 0. The first-order valence-electron chi connectivity index (χ1n) is 14.8. The van der Waals surface area contributed by atoms with Crippen molar-refractivity contribution in [2.75, 3.05) is 11.9 Å². The molecule has 248 valence electrons. The molecule has 3 aromatic carbocycles. The van der Waals surface area contributed by atoms with Crippen LogP contribution in [-0.4, -0.2) is 42.3 Å². The Morgan fingerprint density at radius 2 is 1.65 bits per heavy atom. The van der Waals surface area contributed by atoms with Crippen LogP contribution in [0, 0.1) is 23.5 Å². The predicted octanol–water partition coefficient (Wildman–Crippen LogP) is 5.63. The number of rotatable bonds is 11. The Hall–Kier alpha value is -6.07. The number of tetrazole rings is 1. The minimum absolute atomic E-state index is 0.312. The second-order valence-electron chi connectivity index (χ2n) is 11.0. The lowest BCUT2D eigenvalue weighted by Crippen LogP contribution is -2.48. The summed E-state index contributed by atoms with van der Waals surface area (Å²) in [7, 11) is 1.90. The van der Waals surface area contributed by atoms with Gasteiger partial charge in [-0.05, 0) is 70.1 Å². The molecule has 6 rings (SSSR count). The Bertz CT molecular complexity index is 2050. The molecule has 3 aromatic heterocycles. The molecule has 0 amide bonds. The fraction of sp³-hybridized carbons (Fsp3) is 0.171. The summed E-state index contributed by atoms with van der Waals surface area (Å²) in [6.45, 7) is 0.0535. The van der Waals surface area contributed by atoms with Crippen LogP contribution in [0.5, 0.6) is 5.75 Å². The van der Waals surface area contributed by atoms with Crippen molar-refractivity contribution in [2.24, 2.45) is 0 Å². The number of anilines is 1. The Kier molecular flexibility index (Phi) is 9.36. The number of aliphatic hydroxyl groups is 1. The quantitative estimate of drug-likeness (QED) is 0.139. The maximum absolute atomic E-state index is 16.0. The van der Waals surface area contributed by atoms with Crippen LogP contribution in [0.15, 0.2) is 108 Å². The van der Waals surface area contributed by atoms with Crippen molar-refractivity contribution in [1.29, 1.82) is 0 Å². The van der Waals surface area contributed by atoms with Gasteiger partial charge in [-0.25, -0.2) is 18.4 Å². The summed E-state index contributed by atoms with van der Waals surface area (Å²) in [5.74, 6) is -0.0956. The standard InChI is InChI=1S/C35H27F4N7O3/c1-45(33-40-16-17-48-33)20-26-4-6-27(7-5-26)21-49-29-12-8-24(9-13-29)2-3-25-10-15-32(41-19-25)35(38,39)34(47,22-46-23-42-43-44-46)30-14-11-28(36)18-31(30)37/h4-19,23,47H,20-22H2,1H3. The van der Waals surface area contributed by atoms with Crippen molar-refractivity contribution in [2.45, 2.75) is 31.2 Å². The summed E-state index contributed by atoms with van der Waals surface area (Å²) in [5.41, 5.74) is -1.92. The molecule has 0 saturated carbocycles. The van der Waals surface area contributed by atoms with E-state index >= 15 is 8.78 Å². The van der Waals surface area contributed by atoms with Gasteiger partial charge in [0.1, 0.15) is 42.3 Å². The SMILES string of the molecule is CN(Cc1ccc(COc2ccc(C#Cc3ccc(C(F)(F)C(O)(Cn4cnnn4)c4ccc(F)cc4F)nc3)cc2)cc1)c1ncco1. The average molecular weight is 670 g/mol. The van der Waals surface area contributed by atoms with Gasteiger partial charge in [-0.15, -0.1) is 5.10 Å². The van der Waals surface area contributed by atoms with Crippen LogP contribution in [0.3, 0.4) is 0 Å². The lowest BCUT2D eigenvalue weighted by molar-refractivity contribution is -0.207. The summed E-state index contributed by atoms with van der Waals surface area (Å²) in [4.78, 5) is 9.87. The molecule has 0 aliphatic carbocycles. The van der Waals surface area contributed by atoms with Crippen molar-refractivity contribution in [3.8, 4) is 17.6 Å². The maximum atomic E-state index is 16.0. The Morgan fingerprint density at radius 1 is 0.918 bits per heavy atom. The smallest absolute Gasteiger partial charge is 0.323 e. The molecule has 0 radical (unpaired) electrons. The first-order valence-corrected chi connectivity index (χ1v) is 14.8. The van der Waals surface area contributed by atoms with E-state index in [-0.39, 0.29) is 0 Å². The van der Waals surface area contributed by atoms with E-state index in [0.717, 1.165) is 46.5 Å². The number of pyridine rings is 1. The third kappa shape index (κ3) is 7.42. The molecule has 10 nitrogen and oxygen atoms in total. The molecule has 14 heteroatoms. The van der Waals surface area contributed by atoms with E-state index in [2.05, 4.69) is 37.3 Å². The maximum Gasteiger partial charge on any atom is 0.323 e. The fourth-order valence-electron chi connectivity index (χ4n) is 4.96. The molecule has 0 aliphatic heterocycles. The van der Waals surface area contributed by atoms with Crippen LogP contribution in [0.4, 0.5) is 23.6 Å². The number of aromatic nitrogens is 6. The summed E-state index contributed by atoms with van der Waals surface area (Å²) in [5, 5.41) is 21.6. The number of ether oxygens (including phenoxy) is 1. The normalized spacial score (nSPS) is 12.5. The van der Waals surface area contributed by atoms with Gasteiger partial charge in [-0.3, -0.25) is 4.98 Å². The van der Waals surface area contributed by atoms with Gasteiger partial charge in [0, 0.05) is 42.5 Å². The lowest BCUT2D eigenvalue weighted by atomic mass is 9.84. The highest BCUT2D eigenvalue weighted by atomic mass is 19.3. The van der Waals surface area contributed by atoms with Gasteiger partial charge in [0.25, 0.3) is 6.01 Å². The van der Waals surface area contributed by atoms with Gasteiger partial charge in [0.05, 0.1) is 12.7 Å². The van der Waals surface area contributed by atoms with Gasteiger partial charge < -0.3 is 19.2 Å². The summed E-state index contributed by atoms with van der Waals surface area (Å²) in [6, 6.07) is 19.8. The number of hydrogen-bond donors (Lipinski definition) is 1. The molecule has 6 aromatic rings. The van der Waals surface area contributed by atoms with Crippen molar-refractivity contribution < 1.29 is 31.8 Å². The average Bonchev–Trinajstić information content (AvgIpc) is 3.83. The first-order chi connectivity index (χ1) is 23.6. The number of oxazole rings is 1. The van der Waals surface area contributed by atoms with Crippen LogP contribution in [-0.2, 0) is 31.2 Å². The number of hydrogen-bond acceptors (Lipinski definition) is 9. The van der Waals surface area contributed by atoms with Crippen molar-refractivity contribution >= 4 is 6.01 Å². The monoisotopic (exact) mass is 669 g/mol. The molecule has 0 aliphatic rings. The number of alkyl halides is 2. The van der Waals surface area contributed by atoms with E-state index < -0.39 is 41.0 Å². The van der Waals surface area contributed by atoms with E-state index in [4.69, 9.17) is 9.15 Å². The second-order valence-corrected chi connectivity index (χ2v) is 11.0. The topological polar surface area (TPSA) is 115 Å². The van der Waals surface area contributed by atoms with Crippen molar-refractivity contribution in [3.05, 3.63) is 149 Å². The molecule has 0 bridgehead atoms. The Labute approximate surface area is 277 Å². The molecule has 0 saturated heterocycles. The summed E-state index contributed by atoms with van der Waals surface area (Å²) < 4.78 is 72.2. The summed E-state index contributed by atoms with van der Waals surface area (Å²) in [6.07, 6.45) is 5.23.